The van der Waals surface area contributed by atoms with Crippen LogP contribution in [0.5, 0.6) is 0 Å². The first-order valence-electron chi connectivity index (χ1n) is 5.75. The van der Waals surface area contributed by atoms with Gasteiger partial charge in [0.1, 0.15) is 5.82 Å². The zero-order valence-corrected chi connectivity index (χ0v) is 12.4. The molecule has 0 saturated carbocycles. The number of hydrogen-bond donors (Lipinski definition) is 2. The molecule has 0 spiro atoms. The SMILES string of the molecule is NNC(Cc1ccc(F)cc1)c1cc(Br)ccc1Cl. The standard InChI is InChI=1S/C14H13BrClFN2/c15-10-3-6-13(16)12(8-10)14(19-18)7-9-1-4-11(17)5-2-9/h1-6,8,14,19H,7,18H2. The molecular formula is C14H13BrClFN2. The Balaban J connectivity index is 2.24. The van der Waals surface area contributed by atoms with Crippen LogP contribution in [0.1, 0.15) is 17.2 Å². The Kier molecular flexibility index (Phi) is 4.93. The van der Waals surface area contributed by atoms with Crippen molar-refractivity contribution >= 4 is 27.5 Å². The first-order chi connectivity index (χ1) is 9.10. The molecule has 0 saturated heterocycles. The number of hydrazine groups is 1. The summed E-state index contributed by atoms with van der Waals surface area (Å²) in [5, 5.41) is 0.647. The molecule has 2 nitrogen and oxygen atoms in total. The molecule has 0 aliphatic carbocycles. The monoisotopic (exact) mass is 342 g/mol. The molecule has 5 heteroatoms. The van der Waals surface area contributed by atoms with E-state index in [9.17, 15) is 4.39 Å². The van der Waals surface area contributed by atoms with Crippen molar-refractivity contribution in [2.45, 2.75) is 12.5 Å². The Morgan fingerprint density at radius 3 is 2.53 bits per heavy atom. The fraction of sp³-hybridized carbons (Fsp3) is 0.143. The number of hydrogen-bond acceptors (Lipinski definition) is 2. The summed E-state index contributed by atoms with van der Waals surface area (Å²) in [5.41, 5.74) is 4.64. The van der Waals surface area contributed by atoms with Gasteiger partial charge in [0.05, 0.1) is 6.04 Å². The Morgan fingerprint density at radius 1 is 1.21 bits per heavy atom. The molecule has 1 atom stereocenters. The second-order valence-electron chi connectivity index (χ2n) is 4.22. The molecule has 3 N–H and O–H groups in total. The number of nitrogens with two attached hydrogens (primary N) is 1. The summed E-state index contributed by atoms with van der Waals surface area (Å²) in [6, 6.07) is 11.8. The average Bonchev–Trinajstić information content (AvgIpc) is 2.41. The number of nitrogens with one attached hydrogen (secondary N) is 1. The van der Waals surface area contributed by atoms with Crippen molar-refractivity contribution in [3.8, 4) is 0 Å². The highest BCUT2D eigenvalue weighted by atomic mass is 79.9. The van der Waals surface area contributed by atoms with E-state index >= 15 is 0 Å². The maximum Gasteiger partial charge on any atom is 0.123 e. The molecule has 0 aliphatic heterocycles. The second-order valence-corrected chi connectivity index (χ2v) is 5.54. The maximum absolute atomic E-state index is 12.9. The van der Waals surface area contributed by atoms with Crippen LogP contribution < -0.4 is 11.3 Å². The molecule has 19 heavy (non-hydrogen) atoms. The minimum Gasteiger partial charge on any atom is -0.271 e. The van der Waals surface area contributed by atoms with Gasteiger partial charge in [-0.05, 0) is 47.9 Å². The molecule has 2 aromatic carbocycles. The smallest absolute Gasteiger partial charge is 0.123 e. The van der Waals surface area contributed by atoms with Gasteiger partial charge in [0.2, 0.25) is 0 Å². The Bertz CT molecular complexity index is 560. The van der Waals surface area contributed by atoms with Crippen molar-refractivity contribution in [1.29, 1.82) is 0 Å². The molecule has 0 bridgehead atoms. The molecule has 1 unspecified atom stereocenters. The second kappa shape index (κ2) is 6.48. The van der Waals surface area contributed by atoms with Gasteiger partial charge < -0.3 is 0 Å². The number of halogens is 3. The highest BCUT2D eigenvalue weighted by molar-refractivity contribution is 9.10. The van der Waals surface area contributed by atoms with Crippen molar-refractivity contribution in [3.63, 3.8) is 0 Å². The molecular weight excluding hydrogens is 331 g/mol. The predicted molar refractivity (Wildman–Crippen MR) is 79.3 cm³/mol. The number of benzene rings is 2. The normalized spacial score (nSPS) is 12.4. The quantitative estimate of drug-likeness (QED) is 0.651. The summed E-state index contributed by atoms with van der Waals surface area (Å²) >= 11 is 9.60. The highest BCUT2D eigenvalue weighted by Gasteiger charge is 2.14. The van der Waals surface area contributed by atoms with E-state index in [0.29, 0.717) is 11.4 Å². The lowest BCUT2D eigenvalue weighted by Crippen LogP contribution is -2.29. The Hall–Kier alpha value is -0.940. The van der Waals surface area contributed by atoms with Gasteiger partial charge in [-0.3, -0.25) is 11.3 Å². The van der Waals surface area contributed by atoms with E-state index < -0.39 is 0 Å². The van der Waals surface area contributed by atoms with E-state index in [1.807, 2.05) is 18.2 Å². The third-order valence-corrected chi connectivity index (χ3v) is 3.73. The van der Waals surface area contributed by atoms with Crippen molar-refractivity contribution < 1.29 is 4.39 Å². The van der Waals surface area contributed by atoms with Crippen LogP contribution in [0.2, 0.25) is 5.02 Å². The van der Waals surface area contributed by atoms with Gasteiger partial charge in [0.15, 0.2) is 0 Å². The molecule has 0 radical (unpaired) electrons. The third-order valence-electron chi connectivity index (χ3n) is 2.89. The summed E-state index contributed by atoms with van der Waals surface area (Å²) < 4.78 is 13.8. The highest BCUT2D eigenvalue weighted by Crippen LogP contribution is 2.28. The molecule has 0 fully saturated rings. The van der Waals surface area contributed by atoms with Gasteiger partial charge in [0, 0.05) is 9.50 Å². The van der Waals surface area contributed by atoms with Crippen LogP contribution in [0.25, 0.3) is 0 Å². The van der Waals surface area contributed by atoms with Crippen LogP contribution in [0.3, 0.4) is 0 Å². The Morgan fingerprint density at radius 2 is 1.89 bits per heavy atom. The minimum absolute atomic E-state index is 0.129. The molecule has 0 amide bonds. The summed E-state index contributed by atoms with van der Waals surface area (Å²) in [6.45, 7) is 0. The maximum atomic E-state index is 12.9. The molecule has 100 valence electrons. The van der Waals surface area contributed by atoms with Crippen molar-refractivity contribution in [2.24, 2.45) is 5.84 Å². The fourth-order valence-corrected chi connectivity index (χ4v) is 2.52. The van der Waals surface area contributed by atoms with Crippen molar-refractivity contribution in [1.82, 2.24) is 5.43 Å². The molecule has 0 aliphatic rings. The van der Waals surface area contributed by atoms with Gasteiger partial charge in [-0.15, -0.1) is 0 Å². The molecule has 0 heterocycles. The molecule has 2 aromatic rings. The zero-order chi connectivity index (χ0) is 13.8. The van der Waals surface area contributed by atoms with Gasteiger partial charge in [-0.2, -0.15) is 0 Å². The lowest BCUT2D eigenvalue weighted by atomic mass is 9.99. The predicted octanol–water partition coefficient (Wildman–Crippen LogP) is 3.99. The van der Waals surface area contributed by atoms with E-state index in [0.717, 1.165) is 15.6 Å². The topological polar surface area (TPSA) is 38.0 Å². The average molecular weight is 344 g/mol. The molecule has 0 aromatic heterocycles. The summed E-state index contributed by atoms with van der Waals surface area (Å²) in [6.07, 6.45) is 0.632. The first-order valence-corrected chi connectivity index (χ1v) is 6.93. The van der Waals surface area contributed by atoms with Gasteiger partial charge in [-0.25, -0.2) is 4.39 Å². The van der Waals surface area contributed by atoms with Crippen LogP contribution in [0, 0.1) is 5.82 Å². The van der Waals surface area contributed by atoms with Gasteiger partial charge in [-0.1, -0.05) is 39.7 Å². The van der Waals surface area contributed by atoms with E-state index in [2.05, 4.69) is 21.4 Å². The van der Waals surface area contributed by atoms with Crippen molar-refractivity contribution in [3.05, 3.63) is 68.9 Å². The van der Waals surface area contributed by atoms with Crippen molar-refractivity contribution in [2.75, 3.05) is 0 Å². The molecule has 2 rings (SSSR count). The minimum atomic E-state index is -0.249. The first kappa shape index (κ1) is 14.5. The van der Waals surface area contributed by atoms with Crippen LogP contribution in [-0.2, 0) is 6.42 Å². The van der Waals surface area contributed by atoms with E-state index in [4.69, 9.17) is 17.4 Å². The van der Waals surface area contributed by atoms with E-state index in [-0.39, 0.29) is 11.9 Å². The largest absolute Gasteiger partial charge is 0.271 e. The zero-order valence-electron chi connectivity index (χ0n) is 10.0. The van der Waals surface area contributed by atoms with Crippen LogP contribution in [0.15, 0.2) is 46.9 Å². The van der Waals surface area contributed by atoms with Gasteiger partial charge >= 0.3 is 0 Å². The van der Waals surface area contributed by atoms with Crippen LogP contribution >= 0.6 is 27.5 Å². The summed E-state index contributed by atoms with van der Waals surface area (Å²) in [4.78, 5) is 0. The number of rotatable bonds is 4. The van der Waals surface area contributed by atoms with E-state index in [1.165, 1.54) is 12.1 Å². The van der Waals surface area contributed by atoms with Crippen LogP contribution in [0.4, 0.5) is 4.39 Å². The third kappa shape index (κ3) is 3.76. The lowest BCUT2D eigenvalue weighted by Gasteiger charge is -2.18. The van der Waals surface area contributed by atoms with Gasteiger partial charge in [0.25, 0.3) is 0 Å². The van der Waals surface area contributed by atoms with E-state index in [1.54, 1.807) is 12.1 Å². The van der Waals surface area contributed by atoms with Crippen LogP contribution in [-0.4, -0.2) is 0 Å². The fourth-order valence-electron chi connectivity index (χ4n) is 1.90. The summed E-state index contributed by atoms with van der Waals surface area (Å²) in [5.74, 6) is 5.35. The lowest BCUT2D eigenvalue weighted by molar-refractivity contribution is 0.550. The Labute approximate surface area is 124 Å². The summed E-state index contributed by atoms with van der Waals surface area (Å²) in [7, 11) is 0.